The van der Waals surface area contributed by atoms with Gasteiger partial charge >= 0.3 is 0 Å². The molecule has 1 saturated heterocycles. The highest BCUT2D eigenvalue weighted by Gasteiger charge is 2.49. The van der Waals surface area contributed by atoms with Crippen LogP contribution in [0.3, 0.4) is 0 Å². The van der Waals surface area contributed by atoms with Crippen LogP contribution in [0.4, 0.5) is 0 Å². The van der Waals surface area contributed by atoms with E-state index < -0.39 is 5.54 Å². The van der Waals surface area contributed by atoms with Crippen molar-refractivity contribution in [2.75, 3.05) is 6.61 Å². The largest absolute Gasteiger partial charge is 0.493 e. The number of para-hydroxylation sites is 1. The fourth-order valence-corrected chi connectivity index (χ4v) is 2.52. The Labute approximate surface area is 98.0 Å². The third kappa shape index (κ3) is 1.15. The van der Waals surface area contributed by atoms with Crippen LogP contribution in [-0.4, -0.2) is 17.6 Å². The lowest BCUT2D eigenvalue weighted by Crippen LogP contribution is -2.47. The van der Waals surface area contributed by atoms with Gasteiger partial charge in [0.15, 0.2) is 10.7 Å². The molecule has 82 valence electrons. The van der Waals surface area contributed by atoms with Gasteiger partial charge < -0.3 is 15.4 Å². The number of thiocarbonyl (C=S) groups is 1. The molecular formula is C11H10N2O2S. The van der Waals surface area contributed by atoms with E-state index in [1.807, 2.05) is 24.3 Å². The van der Waals surface area contributed by atoms with Crippen LogP contribution in [0.5, 0.6) is 5.75 Å². The molecule has 3 rings (SSSR count). The number of hydrogen-bond donors (Lipinski definition) is 2. The Balaban J connectivity index is 2.17. The van der Waals surface area contributed by atoms with Crippen molar-refractivity contribution in [1.29, 1.82) is 0 Å². The van der Waals surface area contributed by atoms with E-state index in [0.717, 1.165) is 11.3 Å². The number of nitrogens with one attached hydrogen (secondary N) is 2. The fourth-order valence-electron chi connectivity index (χ4n) is 2.25. The molecule has 0 aromatic heterocycles. The van der Waals surface area contributed by atoms with Gasteiger partial charge in [0.2, 0.25) is 0 Å². The monoisotopic (exact) mass is 234 g/mol. The molecule has 2 aliphatic rings. The van der Waals surface area contributed by atoms with Crippen molar-refractivity contribution in [1.82, 2.24) is 10.6 Å². The minimum Gasteiger partial charge on any atom is -0.493 e. The summed E-state index contributed by atoms with van der Waals surface area (Å²) < 4.78 is 5.53. The molecule has 1 spiro atoms. The van der Waals surface area contributed by atoms with Gasteiger partial charge in [-0.3, -0.25) is 4.79 Å². The average molecular weight is 234 g/mol. The number of benzene rings is 1. The highest BCUT2D eigenvalue weighted by atomic mass is 32.1. The molecule has 4 nitrogen and oxygen atoms in total. The van der Waals surface area contributed by atoms with Crippen LogP contribution < -0.4 is 15.4 Å². The van der Waals surface area contributed by atoms with Crippen molar-refractivity contribution in [3.63, 3.8) is 0 Å². The van der Waals surface area contributed by atoms with Crippen LogP contribution >= 0.6 is 12.2 Å². The Morgan fingerprint density at radius 1 is 1.38 bits per heavy atom. The molecule has 1 amide bonds. The summed E-state index contributed by atoms with van der Waals surface area (Å²) in [5.41, 5.74) is 0.130. The molecule has 2 N–H and O–H groups in total. The normalized spacial score (nSPS) is 27.0. The van der Waals surface area contributed by atoms with Crippen LogP contribution in [-0.2, 0) is 10.3 Å². The third-order valence-electron chi connectivity index (χ3n) is 3.02. The maximum Gasteiger partial charge on any atom is 0.256 e. The summed E-state index contributed by atoms with van der Waals surface area (Å²) in [6, 6.07) is 7.55. The number of carbonyl (C=O) groups is 1. The van der Waals surface area contributed by atoms with Gasteiger partial charge in [-0.05, 0) is 18.3 Å². The van der Waals surface area contributed by atoms with Crippen LogP contribution in [0.2, 0.25) is 0 Å². The van der Waals surface area contributed by atoms with Gasteiger partial charge in [0, 0.05) is 12.0 Å². The zero-order chi connectivity index (χ0) is 11.2. The molecule has 0 radical (unpaired) electrons. The smallest absolute Gasteiger partial charge is 0.256 e. The van der Waals surface area contributed by atoms with Crippen LogP contribution in [0, 0.1) is 0 Å². The van der Waals surface area contributed by atoms with Gasteiger partial charge in [0.25, 0.3) is 5.91 Å². The topological polar surface area (TPSA) is 50.4 Å². The van der Waals surface area contributed by atoms with Crippen molar-refractivity contribution in [3.05, 3.63) is 29.8 Å². The van der Waals surface area contributed by atoms with E-state index in [2.05, 4.69) is 10.6 Å². The number of ether oxygens (including phenoxy) is 1. The van der Waals surface area contributed by atoms with Crippen molar-refractivity contribution >= 4 is 23.2 Å². The second-order valence-corrected chi connectivity index (χ2v) is 4.32. The lowest BCUT2D eigenvalue weighted by molar-refractivity contribution is -0.125. The Bertz CT molecular complexity index is 489. The minimum atomic E-state index is -0.730. The van der Waals surface area contributed by atoms with Crippen molar-refractivity contribution in [2.24, 2.45) is 0 Å². The van der Waals surface area contributed by atoms with Gasteiger partial charge in [0.05, 0.1) is 6.61 Å². The molecule has 0 bridgehead atoms. The van der Waals surface area contributed by atoms with E-state index >= 15 is 0 Å². The molecule has 0 saturated carbocycles. The highest BCUT2D eigenvalue weighted by Crippen LogP contribution is 2.38. The summed E-state index contributed by atoms with van der Waals surface area (Å²) in [5, 5.41) is 6.10. The van der Waals surface area contributed by atoms with E-state index in [9.17, 15) is 4.79 Å². The molecule has 5 heteroatoms. The Kier molecular flexibility index (Phi) is 1.91. The Morgan fingerprint density at radius 3 is 2.94 bits per heavy atom. The zero-order valence-electron chi connectivity index (χ0n) is 8.45. The zero-order valence-corrected chi connectivity index (χ0v) is 9.26. The number of fused-ring (bicyclic) bond motifs is 2. The first-order valence-electron chi connectivity index (χ1n) is 5.08. The van der Waals surface area contributed by atoms with E-state index in [0.29, 0.717) is 18.1 Å². The summed E-state index contributed by atoms with van der Waals surface area (Å²) >= 11 is 4.99. The predicted molar refractivity (Wildman–Crippen MR) is 62.1 cm³/mol. The van der Waals surface area contributed by atoms with Crippen LogP contribution in [0.25, 0.3) is 0 Å². The van der Waals surface area contributed by atoms with Crippen molar-refractivity contribution in [2.45, 2.75) is 12.0 Å². The molecule has 2 heterocycles. The van der Waals surface area contributed by atoms with Crippen molar-refractivity contribution in [3.8, 4) is 5.75 Å². The minimum absolute atomic E-state index is 0.0896. The molecule has 16 heavy (non-hydrogen) atoms. The van der Waals surface area contributed by atoms with Gasteiger partial charge in [-0.1, -0.05) is 18.2 Å². The lowest BCUT2D eigenvalue weighted by Gasteiger charge is -2.32. The summed E-state index contributed by atoms with van der Waals surface area (Å²) in [6.07, 6.45) is 0.593. The second kappa shape index (κ2) is 3.18. The summed E-state index contributed by atoms with van der Waals surface area (Å²) in [5.74, 6) is 0.661. The van der Waals surface area contributed by atoms with Gasteiger partial charge in [-0.25, -0.2) is 0 Å². The maximum atomic E-state index is 12.0. The van der Waals surface area contributed by atoms with E-state index in [4.69, 9.17) is 17.0 Å². The number of hydrogen-bond acceptors (Lipinski definition) is 3. The first-order valence-corrected chi connectivity index (χ1v) is 5.49. The predicted octanol–water partition coefficient (Wildman–Crippen LogP) is 0.669. The Morgan fingerprint density at radius 2 is 2.19 bits per heavy atom. The Hall–Kier alpha value is -1.62. The standard InChI is InChI=1S/C11H10N2O2S/c14-9-11(13-10(16)12-9)5-6-15-8-4-2-1-3-7(8)11/h1-4H,5-6H2,(H2,12,13,14,16). The molecule has 1 atom stereocenters. The first-order chi connectivity index (χ1) is 7.72. The van der Waals surface area contributed by atoms with E-state index in [1.54, 1.807) is 0 Å². The molecule has 2 aliphatic heterocycles. The maximum absolute atomic E-state index is 12.0. The summed E-state index contributed by atoms with van der Waals surface area (Å²) in [6.45, 7) is 0.514. The fraction of sp³-hybridized carbons (Fsp3) is 0.273. The molecule has 1 aromatic carbocycles. The molecule has 1 aromatic rings. The van der Waals surface area contributed by atoms with Crippen molar-refractivity contribution < 1.29 is 9.53 Å². The molecular weight excluding hydrogens is 224 g/mol. The van der Waals surface area contributed by atoms with Gasteiger partial charge in [-0.15, -0.1) is 0 Å². The van der Waals surface area contributed by atoms with Gasteiger partial charge in [-0.2, -0.15) is 0 Å². The molecule has 0 aliphatic carbocycles. The summed E-state index contributed by atoms with van der Waals surface area (Å²) in [7, 11) is 0. The number of carbonyl (C=O) groups excluding carboxylic acids is 1. The van der Waals surface area contributed by atoms with Crippen LogP contribution in [0.1, 0.15) is 12.0 Å². The van der Waals surface area contributed by atoms with E-state index in [-0.39, 0.29) is 5.91 Å². The van der Waals surface area contributed by atoms with E-state index in [1.165, 1.54) is 0 Å². The second-order valence-electron chi connectivity index (χ2n) is 3.91. The quantitative estimate of drug-likeness (QED) is 0.648. The SMILES string of the molecule is O=C1NC(=S)NC12CCOc1ccccc12. The van der Waals surface area contributed by atoms with Gasteiger partial charge in [0.1, 0.15) is 5.75 Å². The molecule has 1 unspecified atom stereocenters. The summed E-state index contributed by atoms with van der Waals surface area (Å²) in [4.78, 5) is 12.0. The lowest BCUT2D eigenvalue weighted by atomic mass is 9.85. The number of rotatable bonds is 0. The molecule has 1 fully saturated rings. The van der Waals surface area contributed by atoms with Crippen LogP contribution in [0.15, 0.2) is 24.3 Å². The average Bonchev–Trinajstić information content (AvgIpc) is 2.55. The number of amides is 1. The highest BCUT2D eigenvalue weighted by molar-refractivity contribution is 7.80. The first kappa shape index (κ1) is 9.59. The third-order valence-corrected chi connectivity index (χ3v) is 3.23.